The summed E-state index contributed by atoms with van der Waals surface area (Å²) >= 11 is 0. The molecule has 0 unspecified atom stereocenters. The number of carbonyl (C=O) groups excluding carboxylic acids is 1. The Morgan fingerprint density at radius 3 is 2.52 bits per heavy atom. The fourth-order valence-corrected chi connectivity index (χ4v) is 3.81. The van der Waals surface area contributed by atoms with Gasteiger partial charge >= 0.3 is 0 Å². The van der Waals surface area contributed by atoms with Gasteiger partial charge in [0.25, 0.3) is 0 Å². The Balaban J connectivity index is 1.88. The normalized spacial score (nSPS) is 16.0. The minimum atomic E-state index is -0.875. The number of ether oxygens (including phenoxy) is 1. The van der Waals surface area contributed by atoms with Gasteiger partial charge in [-0.25, -0.2) is 8.78 Å². The molecular weight excluding hydrogens is 374 g/mol. The highest BCUT2D eigenvalue weighted by atomic mass is 19.2. The molecule has 0 aliphatic carbocycles. The van der Waals surface area contributed by atoms with Crippen LogP contribution in [0.4, 0.5) is 8.78 Å². The van der Waals surface area contributed by atoms with E-state index in [4.69, 9.17) is 4.74 Å². The van der Waals surface area contributed by atoms with E-state index in [-0.39, 0.29) is 5.91 Å². The summed E-state index contributed by atoms with van der Waals surface area (Å²) in [4.78, 5) is 15.2. The molecule has 0 aromatic heterocycles. The molecule has 6 heteroatoms. The van der Waals surface area contributed by atoms with Crippen molar-refractivity contribution in [2.75, 3.05) is 40.4 Å². The molecule has 0 saturated carbocycles. The number of nitrogens with one attached hydrogen (secondary N) is 1. The van der Waals surface area contributed by atoms with Crippen molar-refractivity contribution < 1.29 is 18.3 Å². The van der Waals surface area contributed by atoms with Crippen molar-refractivity contribution in [3.8, 4) is 11.1 Å². The molecule has 1 saturated heterocycles. The van der Waals surface area contributed by atoms with Crippen molar-refractivity contribution in [3.05, 3.63) is 59.7 Å². The van der Waals surface area contributed by atoms with Crippen molar-refractivity contribution >= 4 is 5.91 Å². The topological polar surface area (TPSA) is 41.6 Å². The minimum Gasteiger partial charge on any atom is -0.381 e. The van der Waals surface area contributed by atoms with Crippen LogP contribution in [-0.4, -0.2) is 51.2 Å². The van der Waals surface area contributed by atoms with Gasteiger partial charge in [0.2, 0.25) is 5.91 Å². The van der Waals surface area contributed by atoms with Crippen LogP contribution >= 0.6 is 0 Å². The Morgan fingerprint density at radius 2 is 1.83 bits per heavy atom. The molecule has 0 bridgehead atoms. The number of halogens is 2. The van der Waals surface area contributed by atoms with Crippen LogP contribution in [0.25, 0.3) is 11.1 Å². The zero-order valence-electron chi connectivity index (χ0n) is 17.0. The first-order valence-corrected chi connectivity index (χ1v) is 9.95. The van der Waals surface area contributed by atoms with E-state index < -0.39 is 17.0 Å². The van der Waals surface area contributed by atoms with Gasteiger partial charge in [0, 0.05) is 26.3 Å². The van der Waals surface area contributed by atoms with Crippen LogP contribution < -0.4 is 5.32 Å². The van der Waals surface area contributed by atoms with E-state index in [1.165, 1.54) is 6.07 Å². The third kappa shape index (κ3) is 5.19. The molecule has 2 aromatic carbocycles. The van der Waals surface area contributed by atoms with Gasteiger partial charge in [0.05, 0.1) is 5.41 Å². The van der Waals surface area contributed by atoms with Gasteiger partial charge in [-0.3, -0.25) is 4.79 Å². The largest absolute Gasteiger partial charge is 0.381 e. The van der Waals surface area contributed by atoms with Gasteiger partial charge in [-0.05, 0) is 62.2 Å². The maximum atomic E-state index is 13.8. The number of amides is 1. The van der Waals surface area contributed by atoms with Gasteiger partial charge in [0.1, 0.15) is 0 Å². The zero-order chi connectivity index (χ0) is 20.9. The first-order valence-electron chi connectivity index (χ1n) is 9.95. The van der Waals surface area contributed by atoms with Crippen LogP contribution in [0.3, 0.4) is 0 Å². The number of benzene rings is 2. The lowest BCUT2D eigenvalue weighted by molar-refractivity contribution is -0.136. The molecule has 2 aromatic rings. The van der Waals surface area contributed by atoms with E-state index in [0.717, 1.165) is 23.7 Å². The van der Waals surface area contributed by atoms with Crippen molar-refractivity contribution in [1.29, 1.82) is 0 Å². The third-order valence-electron chi connectivity index (χ3n) is 5.55. The Hall–Kier alpha value is -2.31. The van der Waals surface area contributed by atoms with Crippen molar-refractivity contribution in [2.24, 2.45) is 5.41 Å². The molecule has 0 radical (unpaired) electrons. The Bertz CT molecular complexity index is 849. The summed E-state index contributed by atoms with van der Waals surface area (Å²) in [5.41, 5.74) is 1.80. The summed E-state index contributed by atoms with van der Waals surface area (Å²) in [6.45, 7) is 2.42. The fraction of sp³-hybridized carbons (Fsp3) is 0.435. The molecule has 0 atom stereocenters. The number of likely N-dealkylation sites (N-methyl/N-ethyl adjacent to an activating group) is 1. The molecule has 3 rings (SSSR count). The van der Waals surface area contributed by atoms with Crippen LogP contribution in [0.1, 0.15) is 18.4 Å². The van der Waals surface area contributed by atoms with Gasteiger partial charge < -0.3 is 15.0 Å². The smallest absolute Gasteiger partial charge is 0.226 e. The maximum absolute atomic E-state index is 13.8. The van der Waals surface area contributed by atoms with Crippen LogP contribution in [0.2, 0.25) is 0 Å². The Labute approximate surface area is 170 Å². The van der Waals surface area contributed by atoms with Gasteiger partial charge in [-0.15, -0.1) is 0 Å². The standard InChI is InChI=1S/C23H28F2N2O2/c1-27(2)12-11-26-22(28)23(9-13-29-14-10-23)16-18-5-3-4-6-19(18)17-7-8-20(24)21(25)15-17/h3-8,15H,9-14,16H2,1-2H3,(H,26,28). The summed E-state index contributed by atoms with van der Waals surface area (Å²) in [6.07, 6.45) is 1.79. The molecule has 29 heavy (non-hydrogen) atoms. The zero-order valence-corrected chi connectivity index (χ0v) is 17.0. The Morgan fingerprint density at radius 1 is 1.10 bits per heavy atom. The van der Waals surface area contributed by atoms with E-state index in [1.54, 1.807) is 6.07 Å². The fourth-order valence-electron chi connectivity index (χ4n) is 3.81. The second-order valence-electron chi connectivity index (χ2n) is 7.91. The molecule has 1 heterocycles. The molecule has 0 spiro atoms. The maximum Gasteiger partial charge on any atom is 0.226 e. The van der Waals surface area contributed by atoms with E-state index >= 15 is 0 Å². The average molecular weight is 402 g/mol. The molecule has 1 amide bonds. The first kappa shape index (κ1) is 21.4. The first-order chi connectivity index (χ1) is 13.9. The highest BCUT2D eigenvalue weighted by molar-refractivity contribution is 5.83. The van der Waals surface area contributed by atoms with Crippen LogP contribution in [0, 0.1) is 17.0 Å². The number of rotatable bonds is 7. The monoisotopic (exact) mass is 402 g/mol. The molecule has 1 N–H and O–H groups in total. The van der Waals surface area contributed by atoms with E-state index in [0.29, 0.717) is 44.6 Å². The molecule has 156 valence electrons. The lowest BCUT2D eigenvalue weighted by Gasteiger charge is -2.36. The second kappa shape index (κ2) is 9.46. The SMILES string of the molecule is CN(C)CCNC(=O)C1(Cc2ccccc2-c2ccc(F)c(F)c2)CCOCC1. The van der Waals surface area contributed by atoms with Crippen LogP contribution in [0.5, 0.6) is 0 Å². The molecule has 1 fully saturated rings. The molecular formula is C23H28F2N2O2. The van der Waals surface area contributed by atoms with Crippen molar-refractivity contribution in [1.82, 2.24) is 10.2 Å². The number of hydrogen-bond acceptors (Lipinski definition) is 3. The van der Waals surface area contributed by atoms with E-state index in [2.05, 4.69) is 5.32 Å². The molecule has 4 nitrogen and oxygen atoms in total. The van der Waals surface area contributed by atoms with E-state index in [1.807, 2.05) is 43.3 Å². The molecule has 1 aliphatic heterocycles. The lowest BCUT2D eigenvalue weighted by atomic mass is 9.73. The predicted molar refractivity (Wildman–Crippen MR) is 110 cm³/mol. The quantitative estimate of drug-likeness (QED) is 0.769. The van der Waals surface area contributed by atoms with Gasteiger partial charge in [-0.2, -0.15) is 0 Å². The summed E-state index contributed by atoms with van der Waals surface area (Å²) < 4.78 is 32.7. The van der Waals surface area contributed by atoms with Crippen LogP contribution in [0.15, 0.2) is 42.5 Å². The number of carbonyl (C=O) groups is 1. The highest BCUT2D eigenvalue weighted by Crippen LogP contribution is 2.37. The van der Waals surface area contributed by atoms with Crippen molar-refractivity contribution in [2.45, 2.75) is 19.3 Å². The van der Waals surface area contributed by atoms with Crippen molar-refractivity contribution in [3.63, 3.8) is 0 Å². The Kier molecular flexibility index (Phi) is 6.98. The van der Waals surface area contributed by atoms with Gasteiger partial charge in [0.15, 0.2) is 11.6 Å². The van der Waals surface area contributed by atoms with E-state index in [9.17, 15) is 13.6 Å². The predicted octanol–water partition coefficient (Wildman–Crippen LogP) is 3.65. The van der Waals surface area contributed by atoms with Gasteiger partial charge in [-0.1, -0.05) is 30.3 Å². The summed E-state index contributed by atoms with van der Waals surface area (Å²) in [5.74, 6) is -1.71. The number of hydrogen-bond donors (Lipinski definition) is 1. The molecule has 1 aliphatic rings. The summed E-state index contributed by atoms with van der Waals surface area (Å²) in [6, 6.07) is 11.6. The summed E-state index contributed by atoms with van der Waals surface area (Å²) in [5, 5.41) is 3.07. The second-order valence-corrected chi connectivity index (χ2v) is 7.91. The third-order valence-corrected chi connectivity index (χ3v) is 5.55. The highest BCUT2D eigenvalue weighted by Gasteiger charge is 2.40. The minimum absolute atomic E-state index is 0.0303. The number of nitrogens with zero attached hydrogens (tertiary/aromatic N) is 1. The summed E-state index contributed by atoms with van der Waals surface area (Å²) in [7, 11) is 3.93. The lowest BCUT2D eigenvalue weighted by Crippen LogP contribution is -2.47. The van der Waals surface area contributed by atoms with Crippen LogP contribution in [-0.2, 0) is 16.0 Å². The average Bonchev–Trinajstić information content (AvgIpc) is 2.71.